The predicted octanol–water partition coefficient (Wildman–Crippen LogP) is 3.00. The molecule has 1 heterocycles. The van der Waals surface area contributed by atoms with Crippen molar-refractivity contribution in [3.8, 4) is 0 Å². The smallest absolute Gasteiger partial charge is 0.240 e. The van der Waals surface area contributed by atoms with Crippen molar-refractivity contribution >= 4 is 5.91 Å². The Morgan fingerprint density at radius 3 is 2.22 bits per heavy atom. The second-order valence-corrected chi connectivity index (χ2v) is 6.60. The highest BCUT2D eigenvalue weighted by Crippen LogP contribution is 2.23. The summed E-state index contributed by atoms with van der Waals surface area (Å²) >= 11 is 0. The van der Waals surface area contributed by atoms with Gasteiger partial charge in [0.25, 0.3) is 0 Å². The van der Waals surface area contributed by atoms with E-state index in [1.165, 1.54) is 6.42 Å². The summed E-state index contributed by atoms with van der Waals surface area (Å²) in [5.41, 5.74) is 0. The summed E-state index contributed by atoms with van der Waals surface area (Å²) in [7, 11) is 0. The van der Waals surface area contributed by atoms with Crippen LogP contribution in [0.15, 0.2) is 0 Å². The molecule has 0 saturated carbocycles. The molecule has 1 N–H and O–H groups in total. The Kier molecular flexibility index (Phi) is 5.64. The maximum Gasteiger partial charge on any atom is 0.240 e. The van der Waals surface area contributed by atoms with E-state index in [4.69, 9.17) is 0 Å². The molecule has 1 aliphatic heterocycles. The molecule has 0 spiro atoms. The number of carbonyl (C=O) groups excluding carboxylic acids is 1. The molecule has 106 valence electrons. The summed E-state index contributed by atoms with van der Waals surface area (Å²) in [5.74, 6) is 1.59. The van der Waals surface area contributed by atoms with Crippen LogP contribution in [0, 0.1) is 11.8 Å². The highest BCUT2D eigenvalue weighted by atomic mass is 16.2. The molecule has 3 nitrogen and oxygen atoms in total. The third kappa shape index (κ3) is 3.98. The third-order valence-electron chi connectivity index (χ3n) is 3.73. The zero-order valence-electron chi connectivity index (χ0n) is 12.9. The van der Waals surface area contributed by atoms with Gasteiger partial charge in [-0.3, -0.25) is 10.1 Å². The second kappa shape index (κ2) is 6.55. The zero-order valence-corrected chi connectivity index (χ0v) is 12.9. The lowest BCUT2D eigenvalue weighted by molar-refractivity contribution is -0.132. The van der Waals surface area contributed by atoms with Crippen LogP contribution in [0.3, 0.4) is 0 Å². The summed E-state index contributed by atoms with van der Waals surface area (Å²) in [6, 6.07) is 0.330. The van der Waals surface area contributed by atoms with Gasteiger partial charge >= 0.3 is 0 Å². The van der Waals surface area contributed by atoms with Gasteiger partial charge in [-0.05, 0) is 44.9 Å². The summed E-state index contributed by atoms with van der Waals surface area (Å²) in [4.78, 5) is 14.3. The minimum atomic E-state index is -0.0183. The van der Waals surface area contributed by atoms with E-state index in [0.717, 1.165) is 12.8 Å². The lowest BCUT2D eigenvalue weighted by atomic mass is 10.0. The molecule has 3 heteroatoms. The summed E-state index contributed by atoms with van der Waals surface area (Å²) in [5, 5.41) is 3.43. The molecule has 1 rings (SSSR count). The van der Waals surface area contributed by atoms with Crippen LogP contribution in [0.4, 0.5) is 0 Å². The molecule has 0 aliphatic carbocycles. The Morgan fingerprint density at radius 2 is 1.72 bits per heavy atom. The Bertz CT molecular complexity index is 276. The molecule has 0 aromatic heterocycles. The monoisotopic (exact) mass is 254 g/mol. The summed E-state index contributed by atoms with van der Waals surface area (Å²) in [6.45, 7) is 13.1. The highest BCUT2D eigenvalue weighted by molar-refractivity contribution is 5.84. The molecule has 0 bridgehead atoms. The molecule has 18 heavy (non-hydrogen) atoms. The standard InChI is InChI=1S/C15H30N2O/c1-10(2)7-8-12(5)17-14(9-11(3)4)16-13(6)15(17)18/h10-14,16H,7-9H2,1-6H3. The van der Waals surface area contributed by atoms with Crippen molar-refractivity contribution < 1.29 is 4.79 Å². The van der Waals surface area contributed by atoms with Gasteiger partial charge < -0.3 is 4.90 Å². The Hall–Kier alpha value is -0.570. The van der Waals surface area contributed by atoms with Gasteiger partial charge in [0.15, 0.2) is 0 Å². The largest absolute Gasteiger partial charge is 0.323 e. The van der Waals surface area contributed by atoms with Crippen molar-refractivity contribution in [3.05, 3.63) is 0 Å². The maximum atomic E-state index is 12.2. The van der Waals surface area contributed by atoms with E-state index in [-0.39, 0.29) is 18.1 Å². The number of rotatable bonds is 6. The first kappa shape index (κ1) is 15.5. The fraction of sp³-hybridized carbons (Fsp3) is 0.933. The van der Waals surface area contributed by atoms with Crippen molar-refractivity contribution in [2.45, 2.75) is 79.1 Å². The summed E-state index contributed by atoms with van der Waals surface area (Å²) < 4.78 is 0. The number of amides is 1. The van der Waals surface area contributed by atoms with E-state index >= 15 is 0 Å². The van der Waals surface area contributed by atoms with E-state index in [2.05, 4.69) is 44.8 Å². The third-order valence-corrected chi connectivity index (χ3v) is 3.73. The average molecular weight is 254 g/mol. The first-order valence-corrected chi connectivity index (χ1v) is 7.41. The lowest BCUT2D eigenvalue weighted by Crippen LogP contribution is -2.44. The van der Waals surface area contributed by atoms with Gasteiger partial charge in [0.2, 0.25) is 5.91 Å². The molecular weight excluding hydrogens is 224 g/mol. The Morgan fingerprint density at radius 1 is 1.11 bits per heavy atom. The number of carbonyl (C=O) groups is 1. The minimum absolute atomic E-state index is 0.0183. The molecule has 1 amide bonds. The van der Waals surface area contributed by atoms with Gasteiger partial charge in [-0.2, -0.15) is 0 Å². The number of nitrogens with one attached hydrogen (secondary N) is 1. The number of nitrogens with zero attached hydrogens (tertiary/aromatic N) is 1. The molecular formula is C15H30N2O. The van der Waals surface area contributed by atoms with Crippen LogP contribution >= 0.6 is 0 Å². The molecule has 1 saturated heterocycles. The molecule has 3 atom stereocenters. The van der Waals surface area contributed by atoms with Gasteiger partial charge in [0.1, 0.15) is 0 Å². The van der Waals surface area contributed by atoms with Crippen molar-refractivity contribution in [2.75, 3.05) is 0 Å². The number of hydrogen-bond donors (Lipinski definition) is 1. The van der Waals surface area contributed by atoms with E-state index < -0.39 is 0 Å². The fourth-order valence-electron chi connectivity index (χ4n) is 2.68. The Balaban J connectivity index is 2.65. The minimum Gasteiger partial charge on any atom is -0.323 e. The molecule has 0 aromatic rings. The second-order valence-electron chi connectivity index (χ2n) is 6.60. The molecule has 3 unspecified atom stereocenters. The van der Waals surface area contributed by atoms with Crippen LogP contribution in [0.1, 0.15) is 60.8 Å². The molecule has 0 aromatic carbocycles. The first-order chi connectivity index (χ1) is 8.32. The number of hydrogen-bond acceptors (Lipinski definition) is 2. The topological polar surface area (TPSA) is 32.3 Å². The van der Waals surface area contributed by atoms with Crippen LogP contribution in [0.2, 0.25) is 0 Å². The summed E-state index contributed by atoms with van der Waals surface area (Å²) in [6.07, 6.45) is 3.57. The predicted molar refractivity (Wildman–Crippen MR) is 76.2 cm³/mol. The maximum absolute atomic E-state index is 12.2. The normalized spacial score (nSPS) is 26.4. The van der Waals surface area contributed by atoms with Crippen LogP contribution in [-0.4, -0.2) is 29.1 Å². The fourth-order valence-corrected chi connectivity index (χ4v) is 2.68. The van der Waals surface area contributed by atoms with Gasteiger partial charge in [-0.25, -0.2) is 0 Å². The van der Waals surface area contributed by atoms with Gasteiger partial charge in [0.05, 0.1) is 12.2 Å². The molecule has 1 fully saturated rings. The lowest BCUT2D eigenvalue weighted by Gasteiger charge is -2.31. The average Bonchev–Trinajstić information content (AvgIpc) is 2.50. The van der Waals surface area contributed by atoms with E-state index in [1.54, 1.807) is 0 Å². The van der Waals surface area contributed by atoms with Gasteiger partial charge in [0, 0.05) is 6.04 Å². The van der Waals surface area contributed by atoms with Crippen molar-refractivity contribution in [2.24, 2.45) is 11.8 Å². The van der Waals surface area contributed by atoms with Crippen molar-refractivity contribution in [1.29, 1.82) is 0 Å². The van der Waals surface area contributed by atoms with Crippen LogP contribution in [0.5, 0.6) is 0 Å². The Labute approximate surface area is 112 Å². The molecule has 1 aliphatic rings. The van der Waals surface area contributed by atoms with Gasteiger partial charge in [-0.15, -0.1) is 0 Å². The van der Waals surface area contributed by atoms with E-state index in [9.17, 15) is 4.79 Å². The van der Waals surface area contributed by atoms with E-state index in [0.29, 0.717) is 17.9 Å². The zero-order chi connectivity index (χ0) is 13.9. The first-order valence-electron chi connectivity index (χ1n) is 7.41. The van der Waals surface area contributed by atoms with Gasteiger partial charge in [-0.1, -0.05) is 27.7 Å². The quantitative estimate of drug-likeness (QED) is 0.790. The van der Waals surface area contributed by atoms with Crippen LogP contribution in [0.25, 0.3) is 0 Å². The molecule has 0 radical (unpaired) electrons. The van der Waals surface area contributed by atoms with E-state index in [1.807, 2.05) is 6.92 Å². The van der Waals surface area contributed by atoms with Crippen molar-refractivity contribution in [3.63, 3.8) is 0 Å². The van der Waals surface area contributed by atoms with Crippen LogP contribution < -0.4 is 5.32 Å². The van der Waals surface area contributed by atoms with Crippen molar-refractivity contribution in [1.82, 2.24) is 10.2 Å². The highest BCUT2D eigenvalue weighted by Gasteiger charge is 2.38. The van der Waals surface area contributed by atoms with Crippen LogP contribution in [-0.2, 0) is 4.79 Å². The SMILES string of the molecule is CC(C)CCC(C)N1C(=O)C(C)NC1CC(C)C.